The maximum atomic E-state index is 13.4. The van der Waals surface area contributed by atoms with E-state index in [2.05, 4.69) is 15.5 Å². The first-order valence-electron chi connectivity index (χ1n) is 7.96. The molecule has 1 aliphatic rings. The molecule has 0 bridgehead atoms. The fourth-order valence-electron chi connectivity index (χ4n) is 2.94. The summed E-state index contributed by atoms with van der Waals surface area (Å²) < 4.78 is 13.4. The third-order valence-electron chi connectivity index (χ3n) is 4.04. The van der Waals surface area contributed by atoms with Gasteiger partial charge in [0.1, 0.15) is 5.82 Å². The summed E-state index contributed by atoms with van der Waals surface area (Å²) >= 11 is 0. The Bertz CT molecular complexity index is 759. The topological polar surface area (TPSA) is 78.1 Å². The molecule has 7 heteroatoms. The van der Waals surface area contributed by atoms with Crippen LogP contribution in [0.5, 0.6) is 0 Å². The van der Waals surface area contributed by atoms with Crippen molar-refractivity contribution < 1.29 is 14.0 Å². The van der Waals surface area contributed by atoms with E-state index in [-0.39, 0.29) is 23.7 Å². The number of carbonyl (C=O) groups excluding carboxylic acids is 2. The van der Waals surface area contributed by atoms with Crippen LogP contribution in [-0.2, 0) is 4.79 Å². The van der Waals surface area contributed by atoms with Crippen molar-refractivity contribution in [3.05, 3.63) is 41.8 Å². The number of rotatable bonds is 5. The number of H-pyrrole nitrogens is 1. The van der Waals surface area contributed by atoms with Crippen molar-refractivity contribution in [1.29, 1.82) is 0 Å². The molecule has 0 saturated carbocycles. The van der Waals surface area contributed by atoms with Gasteiger partial charge in [0.25, 0.3) is 5.91 Å². The van der Waals surface area contributed by atoms with Gasteiger partial charge in [-0.15, -0.1) is 0 Å². The molecular weight excluding hydrogens is 311 g/mol. The maximum Gasteiger partial charge on any atom is 0.255 e. The first-order valence-corrected chi connectivity index (χ1v) is 7.96. The molecule has 0 radical (unpaired) electrons. The van der Waals surface area contributed by atoms with Gasteiger partial charge in [0.15, 0.2) is 0 Å². The molecule has 1 aromatic heterocycles. The Morgan fingerprint density at radius 3 is 3.08 bits per heavy atom. The molecule has 3 rings (SSSR count). The minimum atomic E-state index is -0.384. The van der Waals surface area contributed by atoms with Crippen LogP contribution in [0, 0.1) is 5.82 Å². The summed E-state index contributed by atoms with van der Waals surface area (Å²) in [6, 6.07) is 5.74. The summed E-state index contributed by atoms with van der Waals surface area (Å²) in [5.74, 6) is -0.649. The van der Waals surface area contributed by atoms with Crippen LogP contribution in [0.2, 0.25) is 0 Å². The van der Waals surface area contributed by atoms with Crippen molar-refractivity contribution in [2.24, 2.45) is 0 Å². The van der Waals surface area contributed by atoms with Gasteiger partial charge >= 0.3 is 0 Å². The molecule has 1 unspecified atom stereocenters. The second kappa shape index (κ2) is 6.82. The average molecular weight is 330 g/mol. The standard InChI is InChI=1S/C17H19FN4O2/c1-2-6-22-10-13(8-15(22)23)20-17(24)14-9-19-21-16(14)11-4-3-5-12(18)7-11/h3-5,7,9,13H,2,6,8,10H2,1H3,(H,19,21)(H,20,24). The summed E-state index contributed by atoms with van der Waals surface area (Å²) in [6.45, 7) is 3.23. The van der Waals surface area contributed by atoms with Gasteiger partial charge in [-0.3, -0.25) is 14.7 Å². The van der Waals surface area contributed by atoms with Gasteiger partial charge in [0.05, 0.1) is 23.5 Å². The highest BCUT2D eigenvalue weighted by molar-refractivity contribution is 6.00. The predicted octanol–water partition coefficient (Wildman–Crippen LogP) is 1.96. The molecule has 126 valence electrons. The average Bonchev–Trinajstić information content (AvgIpc) is 3.15. The van der Waals surface area contributed by atoms with Gasteiger partial charge in [0, 0.05) is 25.1 Å². The normalized spacial score (nSPS) is 17.3. The van der Waals surface area contributed by atoms with E-state index in [4.69, 9.17) is 0 Å². The fraction of sp³-hybridized carbons (Fsp3) is 0.353. The number of aromatic nitrogens is 2. The third kappa shape index (κ3) is 3.29. The van der Waals surface area contributed by atoms with Crippen LogP contribution in [-0.4, -0.2) is 46.0 Å². The number of halogens is 1. The molecule has 0 spiro atoms. The summed E-state index contributed by atoms with van der Waals surface area (Å²) in [4.78, 5) is 26.2. The highest BCUT2D eigenvalue weighted by Gasteiger charge is 2.30. The molecule has 2 heterocycles. The fourth-order valence-corrected chi connectivity index (χ4v) is 2.94. The van der Waals surface area contributed by atoms with E-state index < -0.39 is 0 Å². The molecule has 1 saturated heterocycles. The van der Waals surface area contributed by atoms with Crippen LogP contribution in [0.4, 0.5) is 4.39 Å². The lowest BCUT2D eigenvalue weighted by atomic mass is 10.1. The molecule has 1 aliphatic heterocycles. The minimum absolute atomic E-state index is 0.0553. The second-order valence-electron chi connectivity index (χ2n) is 5.88. The van der Waals surface area contributed by atoms with Crippen LogP contribution in [0.1, 0.15) is 30.1 Å². The Balaban J connectivity index is 1.73. The molecule has 6 nitrogen and oxygen atoms in total. The first-order chi connectivity index (χ1) is 11.6. The summed E-state index contributed by atoms with van der Waals surface area (Å²) in [6.07, 6.45) is 2.60. The maximum absolute atomic E-state index is 13.4. The molecule has 0 aliphatic carbocycles. The number of aromatic amines is 1. The summed E-state index contributed by atoms with van der Waals surface area (Å²) in [5, 5.41) is 9.51. The lowest BCUT2D eigenvalue weighted by molar-refractivity contribution is -0.127. The molecule has 2 amide bonds. The zero-order valence-electron chi connectivity index (χ0n) is 13.4. The molecule has 2 N–H and O–H groups in total. The largest absolute Gasteiger partial charge is 0.347 e. The van der Waals surface area contributed by atoms with Crippen LogP contribution in [0.3, 0.4) is 0 Å². The minimum Gasteiger partial charge on any atom is -0.347 e. The number of amides is 2. The van der Waals surface area contributed by atoms with Crippen molar-refractivity contribution >= 4 is 11.8 Å². The molecule has 2 aromatic rings. The summed E-state index contributed by atoms with van der Waals surface area (Å²) in [7, 11) is 0. The number of carbonyl (C=O) groups is 2. The van der Waals surface area contributed by atoms with Crippen molar-refractivity contribution in [3.8, 4) is 11.3 Å². The van der Waals surface area contributed by atoms with Gasteiger partial charge in [0.2, 0.25) is 5.91 Å². The summed E-state index contributed by atoms with van der Waals surface area (Å²) in [5.41, 5.74) is 1.34. The predicted molar refractivity (Wildman–Crippen MR) is 86.7 cm³/mol. The van der Waals surface area contributed by atoms with Gasteiger partial charge in [-0.25, -0.2) is 4.39 Å². The van der Waals surface area contributed by atoms with Crippen LogP contribution >= 0.6 is 0 Å². The monoisotopic (exact) mass is 330 g/mol. The molecule has 1 fully saturated rings. The van der Waals surface area contributed by atoms with Crippen LogP contribution < -0.4 is 5.32 Å². The highest BCUT2D eigenvalue weighted by atomic mass is 19.1. The Morgan fingerprint density at radius 1 is 1.50 bits per heavy atom. The van der Waals surface area contributed by atoms with Gasteiger partial charge in [-0.2, -0.15) is 5.10 Å². The number of nitrogens with zero attached hydrogens (tertiary/aromatic N) is 2. The van der Waals surface area contributed by atoms with Crippen LogP contribution in [0.15, 0.2) is 30.5 Å². The molecular formula is C17H19FN4O2. The molecule has 24 heavy (non-hydrogen) atoms. The van der Waals surface area contributed by atoms with E-state index in [1.54, 1.807) is 17.0 Å². The number of likely N-dealkylation sites (tertiary alicyclic amines) is 1. The lowest BCUT2D eigenvalue weighted by Gasteiger charge is -2.16. The smallest absolute Gasteiger partial charge is 0.255 e. The van der Waals surface area contributed by atoms with E-state index in [0.29, 0.717) is 36.3 Å². The quantitative estimate of drug-likeness (QED) is 0.880. The van der Waals surface area contributed by atoms with Gasteiger partial charge in [-0.1, -0.05) is 19.1 Å². The van der Waals surface area contributed by atoms with Gasteiger partial charge < -0.3 is 10.2 Å². The number of benzene rings is 1. The van der Waals surface area contributed by atoms with E-state index in [0.717, 1.165) is 6.42 Å². The number of nitrogens with one attached hydrogen (secondary N) is 2. The lowest BCUT2D eigenvalue weighted by Crippen LogP contribution is -2.37. The van der Waals surface area contributed by atoms with Gasteiger partial charge in [-0.05, 0) is 18.6 Å². The van der Waals surface area contributed by atoms with E-state index in [9.17, 15) is 14.0 Å². The van der Waals surface area contributed by atoms with Crippen molar-refractivity contribution in [3.63, 3.8) is 0 Å². The highest BCUT2D eigenvalue weighted by Crippen LogP contribution is 2.22. The Morgan fingerprint density at radius 2 is 2.33 bits per heavy atom. The Hall–Kier alpha value is -2.70. The zero-order valence-corrected chi connectivity index (χ0v) is 13.4. The van der Waals surface area contributed by atoms with E-state index in [1.807, 2.05) is 6.92 Å². The van der Waals surface area contributed by atoms with E-state index >= 15 is 0 Å². The Labute approximate surface area is 139 Å². The number of hydrogen-bond acceptors (Lipinski definition) is 3. The molecule has 1 atom stereocenters. The third-order valence-corrected chi connectivity index (χ3v) is 4.04. The molecule has 1 aromatic carbocycles. The first kappa shape index (κ1) is 16.2. The van der Waals surface area contributed by atoms with Crippen molar-refractivity contribution in [1.82, 2.24) is 20.4 Å². The van der Waals surface area contributed by atoms with E-state index in [1.165, 1.54) is 18.3 Å². The number of hydrogen-bond donors (Lipinski definition) is 2. The zero-order chi connectivity index (χ0) is 17.1. The second-order valence-corrected chi connectivity index (χ2v) is 5.88. The Kier molecular flexibility index (Phi) is 4.59. The van der Waals surface area contributed by atoms with Crippen molar-refractivity contribution in [2.45, 2.75) is 25.8 Å². The SMILES string of the molecule is CCCN1CC(NC(=O)c2cn[nH]c2-c2cccc(F)c2)CC1=O. The van der Waals surface area contributed by atoms with Crippen molar-refractivity contribution in [2.75, 3.05) is 13.1 Å². The van der Waals surface area contributed by atoms with Crippen LogP contribution in [0.25, 0.3) is 11.3 Å².